The summed E-state index contributed by atoms with van der Waals surface area (Å²) in [6.45, 7) is 5.97. The molecule has 0 fully saturated rings. The third-order valence-corrected chi connectivity index (χ3v) is 4.37. The van der Waals surface area contributed by atoms with Crippen LogP contribution in [0.1, 0.15) is 27.2 Å². The van der Waals surface area contributed by atoms with E-state index >= 15 is 0 Å². The molecule has 0 atom stereocenters. The van der Waals surface area contributed by atoms with Crippen LogP contribution in [0.4, 0.5) is 17.2 Å². The van der Waals surface area contributed by atoms with Gasteiger partial charge in [-0.15, -0.1) is 10.2 Å². The first-order valence-corrected chi connectivity index (χ1v) is 8.61. The molecule has 0 aliphatic heterocycles. The SMILES string of the molecule is COc1ccc(C)cc1Nc1ccc(C(=O)Nc2cccc(C)c2C)nn1. The number of aryl methyl sites for hydroxylation is 2. The molecule has 1 aromatic heterocycles. The van der Waals surface area contributed by atoms with Crippen molar-refractivity contribution in [3.05, 3.63) is 70.9 Å². The number of nitrogens with zero attached hydrogens (tertiary/aromatic N) is 2. The fourth-order valence-electron chi connectivity index (χ4n) is 2.65. The van der Waals surface area contributed by atoms with Crippen molar-refractivity contribution in [2.45, 2.75) is 20.8 Å². The van der Waals surface area contributed by atoms with Gasteiger partial charge in [0.25, 0.3) is 5.91 Å². The van der Waals surface area contributed by atoms with Gasteiger partial charge < -0.3 is 15.4 Å². The maximum atomic E-state index is 12.4. The molecule has 0 spiro atoms. The van der Waals surface area contributed by atoms with Crippen LogP contribution < -0.4 is 15.4 Å². The number of carbonyl (C=O) groups excluding carboxylic acids is 1. The van der Waals surface area contributed by atoms with Crippen molar-refractivity contribution in [2.24, 2.45) is 0 Å². The van der Waals surface area contributed by atoms with E-state index in [1.165, 1.54) is 0 Å². The van der Waals surface area contributed by atoms with E-state index in [9.17, 15) is 4.79 Å². The average Bonchev–Trinajstić information content (AvgIpc) is 2.66. The first-order valence-electron chi connectivity index (χ1n) is 8.61. The largest absolute Gasteiger partial charge is 0.495 e. The van der Waals surface area contributed by atoms with Gasteiger partial charge in [-0.3, -0.25) is 4.79 Å². The number of methoxy groups -OCH3 is 1. The summed E-state index contributed by atoms with van der Waals surface area (Å²) >= 11 is 0. The van der Waals surface area contributed by atoms with E-state index in [1.54, 1.807) is 19.2 Å². The summed E-state index contributed by atoms with van der Waals surface area (Å²) < 4.78 is 5.35. The highest BCUT2D eigenvalue weighted by Gasteiger charge is 2.11. The first-order chi connectivity index (χ1) is 13.0. The molecule has 0 unspecified atom stereocenters. The lowest BCUT2D eigenvalue weighted by Gasteiger charge is -2.12. The molecule has 0 saturated carbocycles. The van der Waals surface area contributed by atoms with Gasteiger partial charge in [0.15, 0.2) is 11.5 Å². The standard InChI is InChI=1S/C21H22N4O2/c1-13-8-10-19(27-4)18(12-13)22-20-11-9-17(24-25-20)21(26)23-16-7-5-6-14(2)15(16)3/h5-12H,1-4H3,(H,22,25)(H,23,26). The molecule has 0 aliphatic carbocycles. The summed E-state index contributed by atoms with van der Waals surface area (Å²) in [6.07, 6.45) is 0. The third-order valence-electron chi connectivity index (χ3n) is 4.37. The Morgan fingerprint density at radius 3 is 2.48 bits per heavy atom. The summed E-state index contributed by atoms with van der Waals surface area (Å²) in [4.78, 5) is 12.4. The van der Waals surface area contributed by atoms with E-state index in [1.807, 2.05) is 57.2 Å². The zero-order chi connectivity index (χ0) is 19.4. The number of amides is 1. The highest BCUT2D eigenvalue weighted by molar-refractivity contribution is 6.03. The van der Waals surface area contributed by atoms with Gasteiger partial charge in [0, 0.05) is 5.69 Å². The predicted molar refractivity (Wildman–Crippen MR) is 107 cm³/mol. The summed E-state index contributed by atoms with van der Waals surface area (Å²) in [5, 5.41) is 14.2. The van der Waals surface area contributed by atoms with Gasteiger partial charge in [-0.05, 0) is 67.8 Å². The van der Waals surface area contributed by atoms with Crippen LogP contribution in [-0.4, -0.2) is 23.2 Å². The summed E-state index contributed by atoms with van der Waals surface area (Å²) in [6, 6.07) is 14.9. The van der Waals surface area contributed by atoms with E-state index in [0.29, 0.717) is 11.6 Å². The quantitative estimate of drug-likeness (QED) is 0.703. The van der Waals surface area contributed by atoms with E-state index < -0.39 is 0 Å². The number of nitrogens with one attached hydrogen (secondary N) is 2. The fraction of sp³-hybridized carbons (Fsp3) is 0.190. The van der Waals surface area contributed by atoms with E-state index in [0.717, 1.165) is 28.1 Å². The zero-order valence-electron chi connectivity index (χ0n) is 15.8. The number of anilines is 3. The molecule has 3 rings (SSSR count). The zero-order valence-corrected chi connectivity index (χ0v) is 15.8. The minimum absolute atomic E-state index is 0.248. The lowest BCUT2D eigenvalue weighted by atomic mass is 10.1. The number of benzene rings is 2. The van der Waals surface area contributed by atoms with Crippen molar-refractivity contribution in [1.29, 1.82) is 0 Å². The number of aromatic nitrogens is 2. The minimum Gasteiger partial charge on any atom is -0.495 e. The molecular weight excluding hydrogens is 340 g/mol. The molecule has 0 saturated heterocycles. The monoisotopic (exact) mass is 362 g/mol. The van der Waals surface area contributed by atoms with Crippen molar-refractivity contribution in [2.75, 3.05) is 17.7 Å². The number of hydrogen-bond acceptors (Lipinski definition) is 5. The molecule has 6 nitrogen and oxygen atoms in total. The Hall–Kier alpha value is -3.41. The van der Waals surface area contributed by atoms with Crippen molar-refractivity contribution in [3.63, 3.8) is 0 Å². The Bertz CT molecular complexity index is 968. The summed E-state index contributed by atoms with van der Waals surface area (Å²) in [7, 11) is 1.61. The predicted octanol–water partition coefficient (Wildman–Crippen LogP) is 4.41. The molecule has 0 bridgehead atoms. The van der Waals surface area contributed by atoms with Gasteiger partial charge in [0.05, 0.1) is 12.8 Å². The van der Waals surface area contributed by atoms with E-state index in [-0.39, 0.29) is 11.6 Å². The topological polar surface area (TPSA) is 76.1 Å². The number of carbonyl (C=O) groups is 1. The maximum Gasteiger partial charge on any atom is 0.276 e. The molecule has 1 amide bonds. The highest BCUT2D eigenvalue weighted by Crippen LogP contribution is 2.27. The van der Waals surface area contributed by atoms with Crippen LogP contribution in [0.15, 0.2) is 48.5 Å². The Morgan fingerprint density at radius 2 is 1.78 bits per heavy atom. The normalized spacial score (nSPS) is 10.4. The molecule has 2 N–H and O–H groups in total. The highest BCUT2D eigenvalue weighted by atomic mass is 16.5. The van der Waals surface area contributed by atoms with Gasteiger partial charge in [-0.1, -0.05) is 18.2 Å². The lowest BCUT2D eigenvalue weighted by molar-refractivity contribution is 0.102. The van der Waals surface area contributed by atoms with Crippen LogP contribution in [-0.2, 0) is 0 Å². The van der Waals surface area contributed by atoms with Crippen molar-refractivity contribution >= 4 is 23.1 Å². The van der Waals surface area contributed by atoms with Gasteiger partial charge in [0.1, 0.15) is 5.75 Å². The molecule has 2 aromatic carbocycles. The summed E-state index contributed by atoms with van der Waals surface area (Å²) in [5.41, 5.74) is 5.05. The Balaban J connectivity index is 1.74. The first kappa shape index (κ1) is 18.4. The van der Waals surface area contributed by atoms with Crippen molar-refractivity contribution < 1.29 is 9.53 Å². The van der Waals surface area contributed by atoms with E-state index in [4.69, 9.17) is 4.74 Å². The molecule has 6 heteroatoms. The lowest BCUT2D eigenvalue weighted by Crippen LogP contribution is -2.15. The van der Waals surface area contributed by atoms with Crippen molar-refractivity contribution in [3.8, 4) is 5.75 Å². The van der Waals surface area contributed by atoms with Gasteiger partial charge in [-0.2, -0.15) is 0 Å². The molecule has 27 heavy (non-hydrogen) atoms. The van der Waals surface area contributed by atoms with Gasteiger partial charge in [-0.25, -0.2) is 0 Å². The Morgan fingerprint density at radius 1 is 0.963 bits per heavy atom. The fourth-order valence-corrected chi connectivity index (χ4v) is 2.65. The van der Waals surface area contributed by atoms with Crippen LogP contribution in [0.25, 0.3) is 0 Å². The molecular formula is C21H22N4O2. The Kier molecular flexibility index (Phi) is 5.35. The molecule has 3 aromatic rings. The van der Waals surface area contributed by atoms with Crippen molar-refractivity contribution in [1.82, 2.24) is 10.2 Å². The van der Waals surface area contributed by atoms with Crippen LogP contribution in [0.3, 0.4) is 0 Å². The maximum absolute atomic E-state index is 12.4. The molecule has 0 radical (unpaired) electrons. The second-order valence-corrected chi connectivity index (χ2v) is 6.33. The second kappa shape index (κ2) is 7.86. The number of rotatable bonds is 5. The van der Waals surface area contributed by atoms with Crippen LogP contribution >= 0.6 is 0 Å². The third kappa shape index (κ3) is 4.23. The van der Waals surface area contributed by atoms with Crippen LogP contribution in [0.2, 0.25) is 0 Å². The van der Waals surface area contributed by atoms with Crippen LogP contribution in [0, 0.1) is 20.8 Å². The minimum atomic E-state index is -0.295. The van der Waals surface area contributed by atoms with E-state index in [2.05, 4.69) is 20.8 Å². The van der Waals surface area contributed by atoms with Crippen LogP contribution in [0.5, 0.6) is 5.75 Å². The Labute approximate surface area is 158 Å². The second-order valence-electron chi connectivity index (χ2n) is 6.33. The summed E-state index contributed by atoms with van der Waals surface area (Å²) in [5.74, 6) is 0.942. The smallest absolute Gasteiger partial charge is 0.276 e. The van der Waals surface area contributed by atoms with Gasteiger partial charge in [0.2, 0.25) is 0 Å². The molecule has 138 valence electrons. The molecule has 1 heterocycles. The number of ether oxygens (including phenoxy) is 1. The number of hydrogen-bond donors (Lipinski definition) is 2. The molecule has 0 aliphatic rings. The van der Waals surface area contributed by atoms with Gasteiger partial charge >= 0.3 is 0 Å². The average molecular weight is 362 g/mol.